The maximum absolute atomic E-state index is 13.2. The predicted molar refractivity (Wildman–Crippen MR) is 156 cm³/mol. The minimum atomic E-state index is -2.39. The second-order valence-corrected chi connectivity index (χ2v) is 10.5. The van der Waals surface area contributed by atoms with E-state index in [0.717, 1.165) is 0 Å². The third-order valence-corrected chi connectivity index (χ3v) is 7.40. The third kappa shape index (κ3) is 6.24. The number of imide groups is 1. The fraction of sp³-hybridized carbons (Fsp3) is 0.219. The van der Waals surface area contributed by atoms with E-state index < -0.39 is 53.9 Å². The molecular weight excluding hydrogens is 606 g/mol. The normalized spacial score (nSPS) is 14.4. The van der Waals surface area contributed by atoms with Crippen molar-refractivity contribution in [3.8, 4) is 28.2 Å². The van der Waals surface area contributed by atoms with Crippen molar-refractivity contribution in [2.75, 3.05) is 0 Å². The molecule has 0 aromatic heterocycles. The van der Waals surface area contributed by atoms with E-state index in [0.29, 0.717) is 16.5 Å². The smallest absolute Gasteiger partial charge is 0.364 e. The molecule has 1 aliphatic carbocycles. The molecule has 0 spiro atoms. The average Bonchev–Trinajstić information content (AvgIpc) is 3.34. The standard InChI is InChI=1S/C32H25NO13/c34-16-5-8-19-24(13-16)45-25-14-17(35)6-9-20(25)28(19)21-12-15(4-7-18(21)31(42)43)22(36)2-1-3-23(37)29(40)30(41)32(44)46-33-26(38)10-11-27(33)39/h4-9,12-14,29-30,34,40-41H,1-3,10-11H2,(H,42,43). The summed E-state index contributed by atoms with van der Waals surface area (Å²) in [6.45, 7) is 0. The van der Waals surface area contributed by atoms with Gasteiger partial charge in [0, 0.05) is 59.9 Å². The number of aliphatic hydroxyl groups is 2. The first-order valence-corrected chi connectivity index (χ1v) is 13.9. The summed E-state index contributed by atoms with van der Waals surface area (Å²) in [6, 6.07) is 12.0. The molecule has 236 valence electrons. The molecule has 0 bridgehead atoms. The van der Waals surface area contributed by atoms with E-state index in [-0.39, 0.29) is 70.0 Å². The SMILES string of the molecule is O=C(CCCC(=O)C(O)C(O)C(=O)ON1C(=O)CCC1=O)c1ccc(C(=O)O)c(-c2c3ccc(=O)cc-3oc3cc(O)ccc23)c1. The molecule has 5 rings (SSSR count). The molecule has 4 N–H and O–H groups in total. The maximum Gasteiger partial charge on any atom is 0.364 e. The number of phenols is 1. The summed E-state index contributed by atoms with van der Waals surface area (Å²) in [5.41, 5.74) is 0.531. The summed E-state index contributed by atoms with van der Waals surface area (Å²) in [6.07, 6.45) is -5.86. The first kappa shape index (κ1) is 31.7. The highest BCUT2D eigenvalue weighted by Crippen LogP contribution is 2.42. The number of carboxylic acid groups (broad SMARTS) is 1. The van der Waals surface area contributed by atoms with Crippen LogP contribution in [-0.4, -0.2) is 73.0 Å². The molecule has 2 unspecified atom stereocenters. The number of carbonyl (C=O) groups excluding carboxylic acids is 5. The number of ketones is 2. The fourth-order valence-corrected chi connectivity index (χ4v) is 5.08. The third-order valence-electron chi connectivity index (χ3n) is 7.40. The van der Waals surface area contributed by atoms with Crippen molar-refractivity contribution < 1.29 is 58.4 Å². The quantitative estimate of drug-likeness (QED) is 0.106. The lowest BCUT2D eigenvalue weighted by Gasteiger charge is -2.18. The lowest BCUT2D eigenvalue weighted by Crippen LogP contribution is -2.44. The Bertz CT molecular complexity index is 1940. The van der Waals surface area contributed by atoms with E-state index >= 15 is 0 Å². The van der Waals surface area contributed by atoms with Crippen LogP contribution >= 0.6 is 0 Å². The van der Waals surface area contributed by atoms with Gasteiger partial charge in [0.1, 0.15) is 23.2 Å². The summed E-state index contributed by atoms with van der Waals surface area (Å²) in [5, 5.41) is 40.7. The number of nitrogens with zero attached hydrogens (tertiary/aromatic N) is 1. The number of aliphatic hydroxyl groups excluding tert-OH is 2. The maximum atomic E-state index is 13.2. The molecule has 0 saturated carbocycles. The monoisotopic (exact) mass is 631 g/mol. The number of fused-ring (bicyclic) bond motifs is 2. The highest BCUT2D eigenvalue weighted by atomic mass is 16.7. The molecule has 2 heterocycles. The molecule has 1 fully saturated rings. The Morgan fingerprint density at radius 1 is 0.848 bits per heavy atom. The van der Waals surface area contributed by atoms with Gasteiger partial charge in [-0.3, -0.25) is 24.0 Å². The summed E-state index contributed by atoms with van der Waals surface area (Å²) >= 11 is 0. The number of aromatic carboxylic acids is 1. The van der Waals surface area contributed by atoms with Gasteiger partial charge in [0.2, 0.25) is 0 Å². The van der Waals surface area contributed by atoms with Gasteiger partial charge in [-0.05, 0) is 48.4 Å². The van der Waals surface area contributed by atoms with E-state index in [1.54, 1.807) is 0 Å². The number of rotatable bonds is 11. The summed E-state index contributed by atoms with van der Waals surface area (Å²) in [4.78, 5) is 89.7. The number of aromatic hydroxyl groups is 1. The van der Waals surface area contributed by atoms with Gasteiger partial charge < -0.3 is 29.7 Å². The van der Waals surface area contributed by atoms with E-state index in [9.17, 15) is 54.0 Å². The molecule has 1 saturated heterocycles. The molecule has 2 aromatic rings. The number of hydrogen-bond donors (Lipinski definition) is 4. The van der Waals surface area contributed by atoms with Crippen LogP contribution in [-0.2, 0) is 24.0 Å². The molecular formula is C32H25NO13. The van der Waals surface area contributed by atoms with Crippen molar-refractivity contribution in [2.45, 2.75) is 44.3 Å². The molecule has 2 aliphatic heterocycles. The zero-order valence-corrected chi connectivity index (χ0v) is 23.8. The molecule has 14 heteroatoms. The van der Waals surface area contributed by atoms with Gasteiger partial charge in [0.05, 0.1) is 5.56 Å². The molecule has 2 aromatic carbocycles. The summed E-state index contributed by atoms with van der Waals surface area (Å²) < 4.78 is 5.81. The first-order chi connectivity index (χ1) is 21.8. The number of phenolic OH excluding ortho intramolecular Hbond substituents is 1. The van der Waals surface area contributed by atoms with Crippen LogP contribution in [0.15, 0.2) is 63.8 Å². The van der Waals surface area contributed by atoms with Crippen LogP contribution < -0.4 is 5.43 Å². The molecule has 2 atom stereocenters. The van der Waals surface area contributed by atoms with Gasteiger partial charge in [-0.2, -0.15) is 0 Å². The van der Waals surface area contributed by atoms with Gasteiger partial charge in [-0.25, -0.2) is 9.59 Å². The minimum absolute atomic E-state index is 0.0814. The number of Topliss-reactive ketones (excluding diaryl/α,β-unsaturated/α-hetero) is 2. The number of amides is 2. The Morgan fingerprint density at radius 3 is 2.26 bits per heavy atom. The van der Waals surface area contributed by atoms with Crippen LogP contribution in [0.1, 0.15) is 52.8 Å². The van der Waals surface area contributed by atoms with Crippen molar-refractivity contribution >= 4 is 46.3 Å². The van der Waals surface area contributed by atoms with Gasteiger partial charge >= 0.3 is 11.9 Å². The lowest BCUT2D eigenvalue weighted by atomic mass is 9.88. The minimum Gasteiger partial charge on any atom is -0.508 e. The topological polar surface area (TPSA) is 226 Å². The van der Waals surface area contributed by atoms with Crippen LogP contribution in [0, 0.1) is 0 Å². The Kier molecular flexibility index (Phi) is 8.76. The molecule has 0 radical (unpaired) electrons. The average molecular weight is 632 g/mol. The number of carboxylic acids is 1. The van der Waals surface area contributed by atoms with E-state index in [2.05, 4.69) is 4.84 Å². The van der Waals surface area contributed by atoms with Crippen molar-refractivity contribution in [1.29, 1.82) is 0 Å². The number of hydroxylamine groups is 2. The zero-order chi connectivity index (χ0) is 33.3. The number of hydrogen-bond acceptors (Lipinski definition) is 12. The zero-order valence-electron chi connectivity index (χ0n) is 23.8. The van der Waals surface area contributed by atoms with Gasteiger partial charge in [0.25, 0.3) is 11.8 Å². The Morgan fingerprint density at radius 2 is 1.57 bits per heavy atom. The predicted octanol–water partition coefficient (Wildman–Crippen LogP) is 2.22. The van der Waals surface area contributed by atoms with Crippen molar-refractivity contribution in [2.24, 2.45) is 0 Å². The first-order valence-electron chi connectivity index (χ1n) is 13.9. The highest BCUT2D eigenvalue weighted by Gasteiger charge is 2.38. The van der Waals surface area contributed by atoms with Gasteiger partial charge in [-0.15, -0.1) is 5.06 Å². The van der Waals surface area contributed by atoms with Crippen LogP contribution in [0.3, 0.4) is 0 Å². The summed E-state index contributed by atoms with van der Waals surface area (Å²) in [7, 11) is 0. The summed E-state index contributed by atoms with van der Waals surface area (Å²) in [5.74, 6) is -6.04. The largest absolute Gasteiger partial charge is 0.508 e. The Labute approximate surface area is 258 Å². The van der Waals surface area contributed by atoms with Crippen molar-refractivity contribution in [3.05, 3.63) is 75.9 Å². The van der Waals surface area contributed by atoms with Crippen LogP contribution in [0.25, 0.3) is 33.4 Å². The molecule has 2 amide bonds. The van der Waals surface area contributed by atoms with Crippen LogP contribution in [0.4, 0.5) is 0 Å². The molecule has 3 aliphatic rings. The molecule has 14 nitrogen and oxygen atoms in total. The van der Waals surface area contributed by atoms with E-state index in [1.807, 2.05) is 0 Å². The fourth-order valence-electron chi connectivity index (χ4n) is 5.08. The lowest BCUT2D eigenvalue weighted by molar-refractivity contribution is -0.206. The second-order valence-electron chi connectivity index (χ2n) is 10.5. The van der Waals surface area contributed by atoms with Gasteiger partial charge in [0.15, 0.2) is 23.1 Å². The Balaban J connectivity index is 1.35. The second kappa shape index (κ2) is 12.7. The number of carbonyl (C=O) groups is 6. The highest BCUT2D eigenvalue weighted by molar-refractivity contribution is 6.09. The van der Waals surface area contributed by atoms with Crippen LogP contribution in [0.2, 0.25) is 0 Å². The van der Waals surface area contributed by atoms with Crippen molar-refractivity contribution in [3.63, 3.8) is 0 Å². The van der Waals surface area contributed by atoms with Crippen molar-refractivity contribution in [1.82, 2.24) is 5.06 Å². The molecule has 46 heavy (non-hydrogen) atoms. The van der Waals surface area contributed by atoms with E-state index in [4.69, 9.17) is 4.42 Å². The Hall–Kier alpha value is -5.73. The van der Waals surface area contributed by atoms with E-state index in [1.165, 1.54) is 54.6 Å². The van der Waals surface area contributed by atoms with Gasteiger partial charge in [-0.1, -0.05) is 6.07 Å². The van der Waals surface area contributed by atoms with Crippen LogP contribution in [0.5, 0.6) is 5.75 Å². The number of benzene rings is 3.